The first-order valence-electron chi connectivity index (χ1n) is 13.1. The van der Waals surface area contributed by atoms with Crippen LogP contribution in [0.1, 0.15) is 52.5 Å². The monoisotopic (exact) mass is 590 g/mol. The molecule has 0 saturated heterocycles. The van der Waals surface area contributed by atoms with E-state index in [1.165, 1.54) is 12.4 Å². The normalized spacial score (nSPS) is 17.3. The highest BCUT2D eigenvalue weighted by Crippen LogP contribution is 2.39. The molecule has 3 N–H and O–H groups in total. The van der Waals surface area contributed by atoms with E-state index in [4.69, 9.17) is 15.2 Å². The van der Waals surface area contributed by atoms with Crippen molar-refractivity contribution in [3.63, 3.8) is 0 Å². The van der Waals surface area contributed by atoms with E-state index in [0.29, 0.717) is 24.9 Å². The fraction of sp³-hybridized carbons (Fsp3) is 0.357. The van der Waals surface area contributed by atoms with E-state index in [0.717, 1.165) is 18.6 Å². The Balaban J connectivity index is 1.46. The molecule has 2 heterocycles. The van der Waals surface area contributed by atoms with E-state index in [9.17, 15) is 22.4 Å². The van der Waals surface area contributed by atoms with Crippen LogP contribution in [0.2, 0.25) is 0 Å². The van der Waals surface area contributed by atoms with Crippen molar-refractivity contribution in [3.8, 4) is 22.8 Å². The van der Waals surface area contributed by atoms with E-state index in [-0.39, 0.29) is 34.6 Å². The van der Waals surface area contributed by atoms with Gasteiger partial charge in [0.15, 0.2) is 17.3 Å². The Morgan fingerprint density at radius 1 is 1.02 bits per heavy atom. The number of hydrogen-bond donors (Lipinski definition) is 2. The van der Waals surface area contributed by atoms with Crippen LogP contribution in [0.15, 0.2) is 30.6 Å². The lowest BCUT2D eigenvalue weighted by Gasteiger charge is -2.30. The number of alkyl carbamates (subject to hydrolysis) is 1. The molecular weight excluding hydrogens is 563 g/mol. The predicted octanol–water partition coefficient (Wildman–Crippen LogP) is 6.57. The third kappa shape index (κ3) is 5.78. The Kier molecular flexibility index (Phi) is 7.64. The first-order valence-corrected chi connectivity index (χ1v) is 13.1. The van der Waals surface area contributed by atoms with Gasteiger partial charge in [0.05, 0.1) is 11.4 Å². The standard InChI is InChI=1S/C28H27F5N6O3/c1-28(2,3)37-27(40)42-14-6-4-5-13(9-14)39-26-20(25(34)35-12-36-26)23(38-39)16-8-7-15(10-17(16)29)41-24-21(32)18(30)11-19(31)22(24)33/h7-8,10-14H,4-6,9H2,1-3H3,(H,37,40)(H2,34,35,36). The largest absolute Gasteiger partial charge is 0.451 e. The van der Waals surface area contributed by atoms with Crippen molar-refractivity contribution in [1.29, 1.82) is 0 Å². The molecule has 0 spiro atoms. The molecule has 1 fully saturated rings. The van der Waals surface area contributed by atoms with Gasteiger partial charge in [0.25, 0.3) is 0 Å². The molecule has 1 aliphatic carbocycles. The third-order valence-electron chi connectivity index (χ3n) is 6.70. The predicted molar refractivity (Wildman–Crippen MR) is 142 cm³/mol. The van der Waals surface area contributed by atoms with E-state index in [2.05, 4.69) is 20.4 Å². The van der Waals surface area contributed by atoms with Gasteiger partial charge in [-0.05, 0) is 52.2 Å². The molecule has 42 heavy (non-hydrogen) atoms. The number of nitrogen functional groups attached to an aromatic ring is 1. The molecular formula is C28H27F5N6O3. The van der Waals surface area contributed by atoms with Crippen LogP contribution in [0.25, 0.3) is 22.3 Å². The quantitative estimate of drug-likeness (QED) is 0.199. The highest BCUT2D eigenvalue weighted by atomic mass is 19.2. The van der Waals surface area contributed by atoms with Crippen LogP contribution in [-0.2, 0) is 4.74 Å². The highest BCUT2D eigenvalue weighted by Gasteiger charge is 2.31. The average Bonchev–Trinajstić information content (AvgIpc) is 3.30. The van der Waals surface area contributed by atoms with Crippen molar-refractivity contribution in [2.75, 3.05) is 5.73 Å². The molecule has 2 unspecified atom stereocenters. The maximum Gasteiger partial charge on any atom is 0.407 e. The smallest absolute Gasteiger partial charge is 0.407 e. The van der Waals surface area contributed by atoms with Crippen LogP contribution in [0.5, 0.6) is 11.5 Å². The number of nitrogens with two attached hydrogens (primary N) is 1. The molecule has 0 radical (unpaired) electrons. The van der Waals surface area contributed by atoms with Crippen molar-refractivity contribution in [1.82, 2.24) is 25.1 Å². The van der Waals surface area contributed by atoms with Crippen molar-refractivity contribution >= 4 is 22.9 Å². The number of nitrogens with zero attached hydrogens (tertiary/aromatic N) is 4. The van der Waals surface area contributed by atoms with E-state index < -0.39 is 58.3 Å². The minimum Gasteiger partial charge on any atom is -0.451 e. The van der Waals surface area contributed by atoms with Crippen LogP contribution in [0.3, 0.4) is 0 Å². The summed E-state index contributed by atoms with van der Waals surface area (Å²) < 4.78 is 82.9. The van der Waals surface area contributed by atoms with Crippen LogP contribution < -0.4 is 15.8 Å². The molecule has 2 atom stereocenters. The number of fused-ring (bicyclic) bond motifs is 1. The lowest BCUT2D eigenvalue weighted by Crippen LogP contribution is -2.43. The molecule has 1 aliphatic rings. The molecule has 1 amide bonds. The minimum atomic E-state index is -1.77. The van der Waals surface area contributed by atoms with Gasteiger partial charge < -0.3 is 20.5 Å². The number of carbonyl (C=O) groups excluding carboxylic acids is 1. The number of carbonyl (C=O) groups is 1. The number of anilines is 1. The van der Waals surface area contributed by atoms with Crippen molar-refractivity contribution in [2.45, 2.75) is 64.1 Å². The fourth-order valence-corrected chi connectivity index (χ4v) is 4.89. The second-order valence-electron chi connectivity index (χ2n) is 11.0. The number of aromatic nitrogens is 4. The van der Waals surface area contributed by atoms with Crippen LogP contribution in [-0.4, -0.2) is 37.5 Å². The summed E-state index contributed by atoms with van der Waals surface area (Å²) in [5.74, 6) is -9.53. The summed E-state index contributed by atoms with van der Waals surface area (Å²) in [5, 5.41) is 7.66. The fourth-order valence-electron chi connectivity index (χ4n) is 4.89. The molecule has 222 valence electrons. The summed E-state index contributed by atoms with van der Waals surface area (Å²) in [6.07, 6.45) is 2.81. The van der Waals surface area contributed by atoms with E-state index in [1.807, 2.05) is 20.8 Å². The number of halogens is 5. The lowest BCUT2D eigenvalue weighted by molar-refractivity contribution is 0.0559. The lowest BCUT2D eigenvalue weighted by atomic mass is 9.93. The minimum absolute atomic E-state index is 0.0357. The zero-order valence-electron chi connectivity index (χ0n) is 22.9. The van der Waals surface area contributed by atoms with Gasteiger partial charge in [-0.2, -0.15) is 13.9 Å². The first-order chi connectivity index (χ1) is 19.8. The average molecular weight is 591 g/mol. The summed E-state index contributed by atoms with van der Waals surface area (Å²) in [5.41, 5.74) is 6.05. The topological polar surface area (TPSA) is 117 Å². The number of hydrogen-bond acceptors (Lipinski definition) is 7. The van der Waals surface area contributed by atoms with Crippen LogP contribution in [0.4, 0.5) is 32.6 Å². The van der Waals surface area contributed by atoms with Crippen molar-refractivity contribution in [3.05, 3.63) is 59.7 Å². The molecule has 0 aliphatic heterocycles. The third-order valence-corrected chi connectivity index (χ3v) is 6.70. The van der Waals surface area contributed by atoms with Gasteiger partial charge in [-0.3, -0.25) is 0 Å². The zero-order valence-corrected chi connectivity index (χ0v) is 22.9. The van der Waals surface area contributed by atoms with Gasteiger partial charge in [-0.15, -0.1) is 0 Å². The molecule has 4 aromatic rings. The Hall–Kier alpha value is -4.49. The summed E-state index contributed by atoms with van der Waals surface area (Å²) in [7, 11) is 0. The molecule has 2 aromatic carbocycles. The zero-order chi connectivity index (χ0) is 30.3. The Morgan fingerprint density at radius 2 is 1.74 bits per heavy atom. The summed E-state index contributed by atoms with van der Waals surface area (Å²) in [4.78, 5) is 20.7. The number of benzene rings is 2. The summed E-state index contributed by atoms with van der Waals surface area (Å²) in [6.45, 7) is 5.53. The second kappa shape index (κ2) is 11.1. The molecule has 5 rings (SSSR count). The van der Waals surface area contributed by atoms with Crippen LogP contribution >= 0.6 is 0 Å². The van der Waals surface area contributed by atoms with Crippen molar-refractivity contribution < 1.29 is 36.2 Å². The Morgan fingerprint density at radius 3 is 2.40 bits per heavy atom. The van der Waals surface area contributed by atoms with E-state index >= 15 is 4.39 Å². The Labute approximate surface area is 236 Å². The van der Waals surface area contributed by atoms with Gasteiger partial charge >= 0.3 is 6.09 Å². The van der Waals surface area contributed by atoms with Gasteiger partial charge in [-0.25, -0.2) is 32.6 Å². The molecule has 0 bridgehead atoms. The Bertz CT molecular complexity index is 1650. The molecule has 9 nitrogen and oxygen atoms in total. The van der Waals surface area contributed by atoms with Gasteiger partial charge in [0, 0.05) is 29.7 Å². The highest BCUT2D eigenvalue weighted by molar-refractivity contribution is 5.98. The second-order valence-corrected chi connectivity index (χ2v) is 11.0. The maximum absolute atomic E-state index is 15.4. The van der Waals surface area contributed by atoms with Crippen LogP contribution in [0, 0.1) is 29.1 Å². The molecule has 14 heteroatoms. The van der Waals surface area contributed by atoms with E-state index in [1.54, 1.807) is 4.68 Å². The molecule has 1 saturated carbocycles. The maximum atomic E-state index is 15.4. The van der Waals surface area contributed by atoms with Gasteiger partial charge in [0.1, 0.15) is 35.5 Å². The van der Waals surface area contributed by atoms with Gasteiger partial charge in [-0.1, -0.05) is 0 Å². The summed E-state index contributed by atoms with van der Waals surface area (Å²) in [6, 6.07) is 2.94. The number of rotatable bonds is 5. The summed E-state index contributed by atoms with van der Waals surface area (Å²) >= 11 is 0. The molecule has 2 aromatic heterocycles. The number of nitrogens with one attached hydrogen (secondary N) is 1. The number of amides is 1. The van der Waals surface area contributed by atoms with Crippen molar-refractivity contribution in [2.24, 2.45) is 0 Å². The first kappa shape index (κ1) is 29.0. The SMILES string of the molecule is CC(C)(C)NC(=O)OC1CCCC(n2nc(-c3ccc(Oc4c(F)c(F)cc(F)c4F)cc3F)c3c(N)ncnc32)C1. The number of ether oxygens (including phenoxy) is 2. The van der Waals surface area contributed by atoms with Gasteiger partial charge in [0.2, 0.25) is 17.4 Å².